The Balaban J connectivity index is 1.69. The molecular weight excluding hydrogens is 560 g/mol. The lowest BCUT2D eigenvalue weighted by Crippen LogP contribution is -2.68. The molecule has 1 fully saturated rings. The number of amides is 2. The van der Waals surface area contributed by atoms with E-state index in [0.29, 0.717) is 12.0 Å². The van der Waals surface area contributed by atoms with E-state index in [9.17, 15) is 34.8 Å². The molecule has 6 atom stereocenters. The molecular formula is C27H36N2O9S2. The molecule has 0 radical (unpaired) electrons. The van der Waals surface area contributed by atoms with Crippen LogP contribution >= 0.6 is 23.1 Å². The number of carboxylic acid groups (broad SMARTS) is 1. The van der Waals surface area contributed by atoms with Crippen molar-refractivity contribution in [1.29, 1.82) is 0 Å². The molecule has 11 nitrogen and oxygen atoms in total. The summed E-state index contributed by atoms with van der Waals surface area (Å²) in [7, 11) is 0. The first-order chi connectivity index (χ1) is 19.1. The number of thiophene rings is 1. The van der Waals surface area contributed by atoms with Gasteiger partial charge in [0.1, 0.15) is 12.2 Å². The zero-order chi connectivity index (χ0) is 29.3. The van der Waals surface area contributed by atoms with Crippen molar-refractivity contribution in [2.24, 2.45) is 0 Å². The Bertz CT molecular complexity index is 1120. The minimum Gasteiger partial charge on any atom is -0.477 e. The van der Waals surface area contributed by atoms with Crippen LogP contribution in [0.3, 0.4) is 0 Å². The molecule has 40 heavy (non-hydrogen) atoms. The van der Waals surface area contributed by atoms with Crippen LogP contribution in [0.2, 0.25) is 0 Å². The van der Waals surface area contributed by atoms with E-state index in [4.69, 9.17) is 9.47 Å². The standard InChI is InChI=1S/C27H36N2O9S2/c1-3-39-12-5-11-37-27(26(35)36)14-19(31)22(29-16(2)30)24(38-27)23(33)20(32)15-28-25(34)18-9-7-17(8-10-18)21-6-4-13-40-21/h4,6-10,13,19-20,22-24,31-33H,3,5,11-12,14-15H2,1-2H3,(H,28,34)(H,29,30)(H,35,36)/t19?,20-,22-,23-,24?,27-/m1/s1. The van der Waals surface area contributed by atoms with Gasteiger partial charge in [-0.05, 0) is 47.1 Å². The van der Waals surface area contributed by atoms with Gasteiger partial charge in [0.05, 0.1) is 24.9 Å². The molecule has 3 rings (SSSR count). The van der Waals surface area contributed by atoms with Crippen LogP contribution in [0.5, 0.6) is 0 Å². The van der Waals surface area contributed by atoms with Gasteiger partial charge in [-0.2, -0.15) is 11.8 Å². The highest BCUT2D eigenvalue weighted by atomic mass is 32.2. The van der Waals surface area contributed by atoms with Crippen molar-refractivity contribution in [3.05, 3.63) is 47.3 Å². The lowest BCUT2D eigenvalue weighted by atomic mass is 9.88. The average Bonchev–Trinajstić information content (AvgIpc) is 3.47. The van der Waals surface area contributed by atoms with E-state index in [1.165, 1.54) is 6.92 Å². The first-order valence-electron chi connectivity index (χ1n) is 12.9. The Hall–Kier alpha value is -2.52. The van der Waals surface area contributed by atoms with Crippen LogP contribution in [0.1, 0.15) is 37.0 Å². The molecule has 13 heteroatoms. The number of aliphatic hydroxyl groups excluding tert-OH is 3. The Morgan fingerprint density at radius 2 is 1.95 bits per heavy atom. The molecule has 2 aromatic rings. The molecule has 2 heterocycles. The van der Waals surface area contributed by atoms with Crippen LogP contribution in [0.25, 0.3) is 10.4 Å². The number of thioether (sulfide) groups is 1. The number of aliphatic hydroxyl groups is 3. The molecule has 0 bridgehead atoms. The molecule has 1 aromatic carbocycles. The number of hydrogen-bond donors (Lipinski definition) is 6. The SMILES string of the molecule is CCSCCCO[C@]1(C(=O)O)CC(O)[C@@H](NC(C)=O)C([C@H](O)[C@H](O)CNC(=O)c2ccc(-c3cccs3)cc2)O1. The van der Waals surface area contributed by atoms with Gasteiger partial charge in [-0.25, -0.2) is 4.79 Å². The van der Waals surface area contributed by atoms with Crippen LogP contribution in [0, 0.1) is 0 Å². The quantitative estimate of drug-likeness (QED) is 0.175. The average molecular weight is 597 g/mol. The predicted molar refractivity (Wildman–Crippen MR) is 151 cm³/mol. The molecule has 2 unspecified atom stereocenters. The van der Waals surface area contributed by atoms with Gasteiger partial charge >= 0.3 is 5.97 Å². The zero-order valence-corrected chi connectivity index (χ0v) is 24.0. The highest BCUT2D eigenvalue weighted by Gasteiger charge is 2.55. The molecule has 1 saturated heterocycles. The van der Waals surface area contributed by atoms with Crippen molar-refractivity contribution in [2.45, 2.75) is 62.9 Å². The summed E-state index contributed by atoms with van der Waals surface area (Å²) in [5.41, 5.74) is 1.29. The third-order valence-corrected chi connectivity index (χ3v) is 8.30. The number of aliphatic carboxylic acids is 1. The maximum atomic E-state index is 12.7. The summed E-state index contributed by atoms with van der Waals surface area (Å²) in [4.78, 5) is 37.7. The largest absolute Gasteiger partial charge is 0.477 e. The number of ether oxygens (including phenoxy) is 2. The summed E-state index contributed by atoms with van der Waals surface area (Å²) in [5.74, 6) is -3.25. The van der Waals surface area contributed by atoms with Gasteiger partial charge in [-0.1, -0.05) is 25.1 Å². The van der Waals surface area contributed by atoms with Crippen LogP contribution in [0.4, 0.5) is 0 Å². The van der Waals surface area contributed by atoms with E-state index in [0.717, 1.165) is 21.9 Å². The fourth-order valence-electron chi connectivity index (χ4n) is 4.36. The number of carbonyl (C=O) groups excluding carboxylic acids is 2. The van der Waals surface area contributed by atoms with Gasteiger partial charge in [0.15, 0.2) is 0 Å². The molecule has 0 aliphatic carbocycles. The fourth-order valence-corrected chi connectivity index (χ4v) is 5.70. The summed E-state index contributed by atoms with van der Waals surface area (Å²) in [6.07, 6.45) is -6.45. The molecule has 0 saturated carbocycles. The Labute approximate surface area is 240 Å². The maximum Gasteiger partial charge on any atom is 0.364 e. The Kier molecular flexibility index (Phi) is 11.9. The molecule has 1 aliphatic rings. The third kappa shape index (κ3) is 8.26. The van der Waals surface area contributed by atoms with Crippen LogP contribution in [-0.4, -0.2) is 99.1 Å². The van der Waals surface area contributed by atoms with Crippen LogP contribution < -0.4 is 10.6 Å². The number of hydrogen-bond acceptors (Lipinski definition) is 10. The van der Waals surface area contributed by atoms with E-state index < -0.39 is 67.0 Å². The lowest BCUT2D eigenvalue weighted by Gasteiger charge is -2.46. The molecule has 1 aromatic heterocycles. The second-order valence-corrected chi connectivity index (χ2v) is 11.7. The topological polar surface area (TPSA) is 175 Å². The normalized spacial score (nSPS) is 24.2. The summed E-state index contributed by atoms with van der Waals surface area (Å²) >= 11 is 3.22. The summed E-state index contributed by atoms with van der Waals surface area (Å²) in [5, 5.41) is 49.4. The van der Waals surface area contributed by atoms with Gasteiger partial charge in [0.25, 0.3) is 11.7 Å². The van der Waals surface area contributed by atoms with Gasteiger partial charge in [-0.15, -0.1) is 11.3 Å². The molecule has 220 valence electrons. The van der Waals surface area contributed by atoms with Crippen molar-refractivity contribution in [3.63, 3.8) is 0 Å². The molecule has 2 amide bonds. The minimum atomic E-state index is -2.30. The van der Waals surface area contributed by atoms with E-state index >= 15 is 0 Å². The summed E-state index contributed by atoms with van der Waals surface area (Å²) in [6.45, 7) is 2.79. The van der Waals surface area contributed by atoms with Gasteiger partial charge in [-0.3, -0.25) is 9.59 Å². The van der Waals surface area contributed by atoms with Gasteiger partial charge in [0, 0.05) is 30.3 Å². The highest BCUT2D eigenvalue weighted by molar-refractivity contribution is 7.99. The number of benzene rings is 1. The maximum absolute atomic E-state index is 12.7. The second kappa shape index (κ2) is 14.9. The smallest absolute Gasteiger partial charge is 0.364 e. The Morgan fingerprint density at radius 1 is 1.23 bits per heavy atom. The van der Waals surface area contributed by atoms with E-state index in [1.807, 2.05) is 24.4 Å². The van der Waals surface area contributed by atoms with Gasteiger partial charge in [0.2, 0.25) is 5.91 Å². The van der Waals surface area contributed by atoms with E-state index in [-0.39, 0.29) is 6.61 Å². The third-order valence-electron chi connectivity index (χ3n) is 6.40. The van der Waals surface area contributed by atoms with Crippen molar-refractivity contribution in [3.8, 4) is 10.4 Å². The summed E-state index contributed by atoms with van der Waals surface area (Å²) in [6, 6.07) is 9.52. The van der Waals surface area contributed by atoms with Crippen molar-refractivity contribution in [2.75, 3.05) is 24.7 Å². The second-order valence-electron chi connectivity index (χ2n) is 9.36. The first kappa shape index (κ1) is 32.0. The minimum absolute atomic E-state index is 0.0174. The zero-order valence-electron chi connectivity index (χ0n) is 22.3. The van der Waals surface area contributed by atoms with Crippen molar-refractivity contribution >= 4 is 40.9 Å². The molecule has 6 N–H and O–H groups in total. The molecule has 1 aliphatic heterocycles. The Morgan fingerprint density at radius 3 is 2.55 bits per heavy atom. The van der Waals surface area contributed by atoms with Gasteiger partial charge < -0.3 is 40.5 Å². The number of carbonyl (C=O) groups is 3. The lowest BCUT2D eigenvalue weighted by molar-refractivity contribution is -0.310. The predicted octanol–water partition coefficient (Wildman–Crippen LogP) is 1.46. The van der Waals surface area contributed by atoms with E-state index in [1.54, 1.807) is 47.4 Å². The monoisotopic (exact) mass is 596 g/mol. The number of rotatable bonds is 14. The van der Waals surface area contributed by atoms with Crippen molar-refractivity contribution < 1.29 is 44.3 Å². The first-order valence-corrected chi connectivity index (χ1v) is 15.0. The highest BCUT2D eigenvalue weighted by Crippen LogP contribution is 2.34. The van der Waals surface area contributed by atoms with E-state index in [2.05, 4.69) is 10.6 Å². The van der Waals surface area contributed by atoms with Crippen LogP contribution in [0.15, 0.2) is 41.8 Å². The number of carboxylic acids is 1. The van der Waals surface area contributed by atoms with Crippen LogP contribution in [-0.2, 0) is 19.1 Å². The fraction of sp³-hybridized carbons (Fsp3) is 0.519. The number of nitrogens with one attached hydrogen (secondary N) is 2. The summed E-state index contributed by atoms with van der Waals surface area (Å²) < 4.78 is 11.3. The molecule has 0 spiro atoms. The van der Waals surface area contributed by atoms with Crippen molar-refractivity contribution in [1.82, 2.24) is 10.6 Å².